The van der Waals surface area contributed by atoms with Gasteiger partial charge in [0.1, 0.15) is 5.82 Å². The molecule has 0 saturated heterocycles. The molecule has 0 saturated carbocycles. The lowest BCUT2D eigenvalue weighted by atomic mass is 10.1. The van der Waals surface area contributed by atoms with Crippen LogP contribution in [0.5, 0.6) is 0 Å². The minimum atomic E-state index is -0.546. The zero-order valence-corrected chi connectivity index (χ0v) is 8.40. The van der Waals surface area contributed by atoms with Crippen LogP contribution in [0.2, 0.25) is 0 Å². The molecule has 1 nitrogen and oxygen atoms in total. The number of pyridine rings is 1. The summed E-state index contributed by atoms with van der Waals surface area (Å²) >= 11 is 0. The third-order valence-corrected chi connectivity index (χ3v) is 2.11. The first kappa shape index (κ1) is 10.5. The number of nitrogens with zero attached hydrogens (tertiary/aromatic N) is 1. The van der Waals surface area contributed by atoms with Crippen molar-refractivity contribution in [2.75, 3.05) is 0 Å². The molecule has 1 aromatic carbocycles. The summed E-state index contributed by atoms with van der Waals surface area (Å²) in [6.07, 6.45) is 4.61. The van der Waals surface area contributed by atoms with Crippen molar-refractivity contribution in [1.82, 2.24) is 4.98 Å². The van der Waals surface area contributed by atoms with E-state index < -0.39 is 5.95 Å². The zero-order valence-electron chi connectivity index (χ0n) is 8.40. The Labute approximate surface area is 92.1 Å². The predicted molar refractivity (Wildman–Crippen MR) is 59.5 cm³/mol. The van der Waals surface area contributed by atoms with Crippen molar-refractivity contribution in [3.63, 3.8) is 0 Å². The van der Waals surface area contributed by atoms with E-state index in [4.69, 9.17) is 0 Å². The van der Waals surface area contributed by atoms with Crippen LogP contribution in [0, 0.1) is 11.8 Å². The second-order valence-corrected chi connectivity index (χ2v) is 3.27. The van der Waals surface area contributed by atoms with Crippen LogP contribution in [-0.4, -0.2) is 4.98 Å². The van der Waals surface area contributed by atoms with E-state index in [9.17, 15) is 8.78 Å². The van der Waals surface area contributed by atoms with Gasteiger partial charge < -0.3 is 0 Å². The standard InChI is InChI=1S/C13H9F2N/c14-12-4-2-1-3-11(12)6-5-10-7-8-16-13(15)9-10/h1-9H. The molecule has 16 heavy (non-hydrogen) atoms. The summed E-state index contributed by atoms with van der Waals surface area (Å²) in [5, 5.41) is 0. The van der Waals surface area contributed by atoms with Crippen LogP contribution < -0.4 is 0 Å². The van der Waals surface area contributed by atoms with Crippen LogP contribution in [0.1, 0.15) is 11.1 Å². The van der Waals surface area contributed by atoms with E-state index >= 15 is 0 Å². The van der Waals surface area contributed by atoms with E-state index in [0.29, 0.717) is 11.1 Å². The molecule has 2 rings (SSSR count). The lowest BCUT2D eigenvalue weighted by molar-refractivity contribution is 0.583. The molecule has 0 bridgehead atoms. The zero-order chi connectivity index (χ0) is 11.4. The van der Waals surface area contributed by atoms with E-state index in [1.165, 1.54) is 18.3 Å². The highest BCUT2D eigenvalue weighted by molar-refractivity contribution is 5.69. The van der Waals surface area contributed by atoms with Crippen molar-refractivity contribution in [2.45, 2.75) is 0 Å². The largest absolute Gasteiger partial charge is 0.228 e. The summed E-state index contributed by atoms with van der Waals surface area (Å²) in [7, 11) is 0. The van der Waals surface area contributed by atoms with Gasteiger partial charge in [-0.3, -0.25) is 0 Å². The maximum Gasteiger partial charge on any atom is 0.213 e. The van der Waals surface area contributed by atoms with Gasteiger partial charge >= 0.3 is 0 Å². The van der Waals surface area contributed by atoms with Gasteiger partial charge in [-0.15, -0.1) is 0 Å². The molecule has 1 aromatic heterocycles. The number of aromatic nitrogens is 1. The second kappa shape index (κ2) is 4.66. The molecule has 0 N–H and O–H groups in total. The van der Waals surface area contributed by atoms with E-state index in [2.05, 4.69) is 4.98 Å². The third kappa shape index (κ3) is 2.51. The Bertz CT molecular complexity index is 521. The molecule has 0 unspecified atom stereocenters. The number of halogens is 2. The average molecular weight is 217 g/mol. The highest BCUT2D eigenvalue weighted by atomic mass is 19.1. The molecule has 2 aromatic rings. The molecule has 0 radical (unpaired) electrons. The molecule has 0 aliphatic carbocycles. The maximum absolute atomic E-state index is 13.2. The number of rotatable bonds is 2. The van der Waals surface area contributed by atoms with Crippen LogP contribution in [-0.2, 0) is 0 Å². The molecular weight excluding hydrogens is 208 g/mol. The van der Waals surface area contributed by atoms with Gasteiger partial charge in [0.15, 0.2) is 0 Å². The van der Waals surface area contributed by atoms with Gasteiger partial charge in [-0.2, -0.15) is 4.39 Å². The first-order valence-corrected chi connectivity index (χ1v) is 4.80. The van der Waals surface area contributed by atoms with Crippen molar-refractivity contribution >= 4 is 12.2 Å². The predicted octanol–water partition coefficient (Wildman–Crippen LogP) is 3.53. The van der Waals surface area contributed by atoms with Crippen LogP contribution >= 0.6 is 0 Å². The SMILES string of the molecule is Fc1cc(C=Cc2ccccc2F)ccn1. The maximum atomic E-state index is 13.2. The highest BCUT2D eigenvalue weighted by Crippen LogP contribution is 2.11. The fourth-order valence-corrected chi connectivity index (χ4v) is 1.32. The monoisotopic (exact) mass is 217 g/mol. The Morgan fingerprint density at radius 3 is 2.56 bits per heavy atom. The van der Waals surface area contributed by atoms with Crippen molar-refractivity contribution in [3.8, 4) is 0 Å². The summed E-state index contributed by atoms with van der Waals surface area (Å²) in [6.45, 7) is 0. The molecule has 0 spiro atoms. The van der Waals surface area contributed by atoms with E-state index in [-0.39, 0.29) is 5.82 Å². The number of benzene rings is 1. The molecule has 0 fully saturated rings. The Kier molecular flexibility index (Phi) is 3.05. The minimum Gasteiger partial charge on any atom is -0.228 e. The van der Waals surface area contributed by atoms with Gasteiger partial charge in [0, 0.05) is 17.8 Å². The summed E-state index contributed by atoms with van der Waals surface area (Å²) < 4.78 is 26.0. The third-order valence-electron chi connectivity index (χ3n) is 2.11. The highest BCUT2D eigenvalue weighted by Gasteiger charge is 1.96. The normalized spacial score (nSPS) is 10.9. The first-order chi connectivity index (χ1) is 7.75. The van der Waals surface area contributed by atoms with Gasteiger partial charge in [0.25, 0.3) is 0 Å². The molecule has 3 heteroatoms. The van der Waals surface area contributed by atoms with Gasteiger partial charge in [-0.05, 0) is 17.7 Å². The number of hydrogen-bond donors (Lipinski definition) is 0. The Morgan fingerprint density at radius 2 is 1.81 bits per heavy atom. The van der Waals surface area contributed by atoms with Gasteiger partial charge in [0.2, 0.25) is 5.95 Å². The van der Waals surface area contributed by atoms with Gasteiger partial charge in [-0.25, -0.2) is 9.37 Å². The van der Waals surface area contributed by atoms with Crippen LogP contribution in [0.25, 0.3) is 12.2 Å². The Morgan fingerprint density at radius 1 is 1.00 bits per heavy atom. The smallest absolute Gasteiger partial charge is 0.213 e. The molecule has 0 atom stereocenters. The number of hydrogen-bond acceptors (Lipinski definition) is 1. The van der Waals surface area contributed by atoms with Crippen LogP contribution in [0.15, 0.2) is 42.6 Å². The van der Waals surface area contributed by atoms with Crippen LogP contribution in [0.3, 0.4) is 0 Å². The first-order valence-electron chi connectivity index (χ1n) is 4.80. The average Bonchev–Trinajstić information content (AvgIpc) is 2.28. The fraction of sp³-hybridized carbons (Fsp3) is 0. The summed E-state index contributed by atoms with van der Waals surface area (Å²) in [5.74, 6) is -0.844. The minimum absolute atomic E-state index is 0.298. The quantitative estimate of drug-likeness (QED) is 0.701. The summed E-state index contributed by atoms with van der Waals surface area (Å²) in [6, 6.07) is 9.35. The summed E-state index contributed by atoms with van der Waals surface area (Å²) in [5.41, 5.74) is 1.12. The van der Waals surface area contributed by atoms with Crippen molar-refractivity contribution in [3.05, 3.63) is 65.5 Å². The molecule has 0 aliphatic rings. The molecule has 0 aliphatic heterocycles. The lowest BCUT2D eigenvalue weighted by Crippen LogP contribution is -1.82. The second-order valence-electron chi connectivity index (χ2n) is 3.27. The van der Waals surface area contributed by atoms with E-state index in [1.54, 1.807) is 36.4 Å². The van der Waals surface area contributed by atoms with Crippen LogP contribution in [0.4, 0.5) is 8.78 Å². The molecule has 0 amide bonds. The fourth-order valence-electron chi connectivity index (χ4n) is 1.32. The lowest BCUT2D eigenvalue weighted by Gasteiger charge is -1.96. The van der Waals surface area contributed by atoms with Gasteiger partial charge in [0.05, 0.1) is 0 Å². The summed E-state index contributed by atoms with van der Waals surface area (Å²) in [4.78, 5) is 3.44. The molecular formula is C13H9F2N. The van der Waals surface area contributed by atoms with Crippen molar-refractivity contribution in [1.29, 1.82) is 0 Å². The Balaban J connectivity index is 2.25. The molecule has 1 heterocycles. The van der Waals surface area contributed by atoms with E-state index in [1.807, 2.05) is 0 Å². The topological polar surface area (TPSA) is 12.9 Å². The van der Waals surface area contributed by atoms with Gasteiger partial charge in [-0.1, -0.05) is 30.4 Å². The Hall–Kier alpha value is -2.03. The van der Waals surface area contributed by atoms with Crippen molar-refractivity contribution < 1.29 is 8.78 Å². The van der Waals surface area contributed by atoms with E-state index in [0.717, 1.165) is 0 Å². The molecule has 80 valence electrons. The van der Waals surface area contributed by atoms with Crippen molar-refractivity contribution in [2.24, 2.45) is 0 Å².